The Morgan fingerprint density at radius 1 is 1.28 bits per heavy atom. The molecule has 0 aliphatic carbocycles. The SMILES string of the molecule is CCOC(=O)CC(F)(F)S(=O)(=O)c1ccccc1. The zero-order valence-corrected chi connectivity index (χ0v) is 10.4. The fraction of sp³-hybridized carbons (Fsp3) is 0.364. The maximum absolute atomic E-state index is 13.6. The molecule has 1 rings (SSSR count). The molecule has 0 spiro atoms. The first-order valence-electron chi connectivity index (χ1n) is 5.14. The van der Waals surface area contributed by atoms with E-state index in [0.29, 0.717) is 0 Å². The first-order chi connectivity index (χ1) is 8.31. The Hall–Kier alpha value is -1.50. The van der Waals surface area contributed by atoms with Gasteiger partial charge in [0.05, 0.1) is 11.5 Å². The highest BCUT2D eigenvalue weighted by atomic mass is 32.2. The predicted molar refractivity (Wildman–Crippen MR) is 59.8 cm³/mol. The van der Waals surface area contributed by atoms with E-state index in [1.165, 1.54) is 25.1 Å². The number of alkyl halides is 2. The summed E-state index contributed by atoms with van der Waals surface area (Å²) in [6.45, 7) is 1.36. The van der Waals surface area contributed by atoms with E-state index in [1.54, 1.807) is 0 Å². The monoisotopic (exact) mass is 278 g/mol. The van der Waals surface area contributed by atoms with Crippen LogP contribution >= 0.6 is 0 Å². The predicted octanol–water partition coefficient (Wildman–Crippen LogP) is 2.01. The number of rotatable bonds is 5. The van der Waals surface area contributed by atoms with Gasteiger partial charge < -0.3 is 4.74 Å². The van der Waals surface area contributed by atoms with Crippen molar-refractivity contribution in [3.8, 4) is 0 Å². The molecule has 1 aromatic carbocycles. The van der Waals surface area contributed by atoms with Gasteiger partial charge in [-0.2, -0.15) is 8.78 Å². The molecule has 0 N–H and O–H groups in total. The van der Waals surface area contributed by atoms with Gasteiger partial charge in [-0.25, -0.2) is 8.42 Å². The normalized spacial score (nSPS) is 12.2. The summed E-state index contributed by atoms with van der Waals surface area (Å²) in [5, 5.41) is -4.18. The van der Waals surface area contributed by atoms with Gasteiger partial charge in [0.2, 0.25) is 9.84 Å². The Morgan fingerprint density at radius 2 is 1.83 bits per heavy atom. The quantitative estimate of drug-likeness (QED) is 0.773. The molecule has 0 aromatic heterocycles. The number of sulfone groups is 1. The van der Waals surface area contributed by atoms with Crippen LogP contribution in [-0.2, 0) is 19.4 Å². The van der Waals surface area contributed by atoms with Crippen molar-refractivity contribution in [2.24, 2.45) is 0 Å². The maximum Gasteiger partial charge on any atom is 0.360 e. The van der Waals surface area contributed by atoms with E-state index in [0.717, 1.165) is 12.1 Å². The molecule has 0 amide bonds. The minimum Gasteiger partial charge on any atom is -0.466 e. The van der Waals surface area contributed by atoms with Crippen LogP contribution in [0.4, 0.5) is 8.78 Å². The van der Waals surface area contributed by atoms with Crippen molar-refractivity contribution < 1.29 is 26.7 Å². The highest BCUT2D eigenvalue weighted by Gasteiger charge is 2.48. The molecule has 7 heteroatoms. The summed E-state index contributed by atoms with van der Waals surface area (Å²) in [6, 6.07) is 6.26. The van der Waals surface area contributed by atoms with E-state index in [4.69, 9.17) is 0 Å². The Labute approximate surface area is 103 Å². The van der Waals surface area contributed by atoms with Crippen molar-refractivity contribution in [1.82, 2.24) is 0 Å². The molecule has 0 fully saturated rings. The van der Waals surface area contributed by atoms with Crippen LogP contribution in [0.2, 0.25) is 0 Å². The molecule has 0 saturated carbocycles. The van der Waals surface area contributed by atoms with Gasteiger partial charge in [0.1, 0.15) is 6.42 Å². The van der Waals surface area contributed by atoms with Gasteiger partial charge in [0, 0.05) is 0 Å². The van der Waals surface area contributed by atoms with Crippen LogP contribution < -0.4 is 0 Å². The average Bonchev–Trinajstić information content (AvgIpc) is 2.29. The standard InChI is InChI=1S/C11H12F2O4S/c1-2-17-10(14)8-11(12,13)18(15,16)9-6-4-3-5-7-9/h3-7H,2,8H2,1H3. The minimum atomic E-state index is -4.89. The Balaban J connectivity index is 3.01. The summed E-state index contributed by atoms with van der Waals surface area (Å²) < 4.78 is 54.7. The van der Waals surface area contributed by atoms with Crippen LogP contribution in [0.3, 0.4) is 0 Å². The molecule has 0 unspecified atom stereocenters. The largest absolute Gasteiger partial charge is 0.466 e. The van der Waals surface area contributed by atoms with Crippen LogP contribution in [0.25, 0.3) is 0 Å². The molecule has 0 saturated heterocycles. The minimum absolute atomic E-state index is 0.0830. The molecule has 100 valence electrons. The Kier molecular flexibility index (Phi) is 4.39. The van der Waals surface area contributed by atoms with Crippen LogP contribution in [0.1, 0.15) is 13.3 Å². The van der Waals surface area contributed by atoms with Crippen molar-refractivity contribution in [2.75, 3.05) is 6.61 Å². The number of benzene rings is 1. The highest BCUT2D eigenvalue weighted by molar-refractivity contribution is 7.92. The van der Waals surface area contributed by atoms with Gasteiger partial charge in [-0.15, -0.1) is 0 Å². The number of carbonyl (C=O) groups excluding carboxylic acids is 1. The number of esters is 1. The van der Waals surface area contributed by atoms with E-state index in [9.17, 15) is 22.0 Å². The zero-order chi connectivity index (χ0) is 13.8. The molecule has 4 nitrogen and oxygen atoms in total. The second-order valence-corrected chi connectivity index (χ2v) is 5.51. The Bertz CT molecular complexity index is 511. The fourth-order valence-electron chi connectivity index (χ4n) is 1.25. The first kappa shape index (κ1) is 14.6. The molecule has 18 heavy (non-hydrogen) atoms. The first-order valence-corrected chi connectivity index (χ1v) is 6.62. The summed E-state index contributed by atoms with van der Waals surface area (Å²) in [5.41, 5.74) is 0. The van der Waals surface area contributed by atoms with E-state index >= 15 is 0 Å². The summed E-state index contributed by atoms with van der Waals surface area (Å²) in [6.07, 6.45) is -1.49. The van der Waals surface area contributed by atoms with Gasteiger partial charge in [-0.1, -0.05) is 18.2 Å². The van der Waals surface area contributed by atoms with Crippen LogP contribution in [-0.4, -0.2) is 26.2 Å². The second-order valence-electron chi connectivity index (χ2n) is 3.44. The molecular weight excluding hydrogens is 266 g/mol. The summed E-state index contributed by atoms with van der Waals surface area (Å²) in [5.74, 6) is -1.25. The molecule has 0 atom stereocenters. The number of hydrogen-bond acceptors (Lipinski definition) is 4. The van der Waals surface area contributed by atoms with Crippen LogP contribution in [0, 0.1) is 0 Å². The molecule has 0 bridgehead atoms. The maximum atomic E-state index is 13.6. The summed E-state index contributed by atoms with van der Waals surface area (Å²) >= 11 is 0. The van der Waals surface area contributed by atoms with Crippen molar-refractivity contribution in [1.29, 1.82) is 0 Å². The lowest BCUT2D eigenvalue weighted by Crippen LogP contribution is -2.32. The van der Waals surface area contributed by atoms with E-state index in [1.807, 2.05) is 0 Å². The zero-order valence-electron chi connectivity index (χ0n) is 9.60. The number of halogens is 2. The topological polar surface area (TPSA) is 60.4 Å². The lowest BCUT2D eigenvalue weighted by Gasteiger charge is -2.16. The summed E-state index contributed by atoms with van der Waals surface area (Å²) in [4.78, 5) is 10.4. The molecular formula is C11H12F2O4S. The van der Waals surface area contributed by atoms with Crippen molar-refractivity contribution in [3.63, 3.8) is 0 Å². The van der Waals surface area contributed by atoms with Crippen LogP contribution in [0.5, 0.6) is 0 Å². The van der Waals surface area contributed by atoms with Gasteiger partial charge in [-0.3, -0.25) is 4.79 Å². The Morgan fingerprint density at radius 3 is 2.33 bits per heavy atom. The smallest absolute Gasteiger partial charge is 0.360 e. The highest BCUT2D eigenvalue weighted by Crippen LogP contribution is 2.32. The van der Waals surface area contributed by atoms with Crippen molar-refractivity contribution >= 4 is 15.8 Å². The lowest BCUT2D eigenvalue weighted by molar-refractivity contribution is -0.147. The van der Waals surface area contributed by atoms with Crippen LogP contribution in [0.15, 0.2) is 35.2 Å². The number of carbonyl (C=O) groups is 1. The van der Waals surface area contributed by atoms with E-state index in [2.05, 4.69) is 4.74 Å². The van der Waals surface area contributed by atoms with Gasteiger partial charge in [-0.05, 0) is 19.1 Å². The average molecular weight is 278 g/mol. The number of hydrogen-bond donors (Lipinski definition) is 0. The van der Waals surface area contributed by atoms with Crippen molar-refractivity contribution in [2.45, 2.75) is 23.5 Å². The second kappa shape index (κ2) is 5.43. The van der Waals surface area contributed by atoms with Gasteiger partial charge in [0.15, 0.2) is 0 Å². The third-order valence-electron chi connectivity index (χ3n) is 2.10. The number of ether oxygens (including phenoxy) is 1. The van der Waals surface area contributed by atoms with E-state index < -0.39 is 32.4 Å². The van der Waals surface area contributed by atoms with Gasteiger partial charge >= 0.3 is 11.2 Å². The molecule has 0 aliphatic heterocycles. The molecule has 0 aliphatic rings. The third kappa shape index (κ3) is 3.04. The molecule has 0 radical (unpaired) electrons. The van der Waals surface area contributed by atoms with Crippen molar-refractivity contribution in [3.05, 3.63) is 30.3 Å². The molecule has 1 aromatic rings. The lowest BCUT2D eigenvalue weighted by atomic mass is 10.4. The summed E-state index contributed by atoms with van der Waals surface area (Å²) in [7, 11) is -4.89. The van der Waals surface area contributed by atoms with E-state index in [-0.39, 0.29) is 6.61 Å². The third-order valence-corrected chi connectivity index (χ3v) is 3.93. The fourth-order valence-corrected chi connectivity index (χ4v) is 2.42. The molecule has 0 heterocycles. The van der Waals surface area contributed by atoms with Gasteiger partial charge in [0.25, 0.3) is 0 Å².